The van der Waals surface area contributed by atoms with Crippen molar-refractivity contribution < 1.29 is 13.5 Å². The predicted octanol–water partition coefficient (Wildman–Crippen LogP) is 3.59. The third kappa shape index (κ3) is 8.68. The topological polar surface area (TPSA) is 83.4 Å². The van der Waals surface area contributed by atoms with Gasteiger partial charge in [-0.1, -0.05) is 60.7 Å². The van der Waals surface area contributed by atoms with Crippen molar-refractivity contribution in [2.45, 2.75) is 25.7 Å². The van der Waals surface area contributed by atoms with E-state index < -0.39 is 11.6 Å². The Hall–Kier alpha value is -3.11. The van der Waals surface area contributed by atoms with Crippen LogP contribution in [-0.2, 0) is 24.4 Å². The molecule has 3 aromatic rings. The molecule has 0 aliphatic carbocycles. The molecule has 6 N–H and O–H groups in total. The number of hydrogen-bond acceptors (Lipinski definition) is 5. The van der Waals surface area contributed by atoms with Crippen LogP contribution in [0.25, 0.3) is 0 Å². The van der Waals surface area contributed by atoms with E-state index in [4.69, 9.17) is 10.5 Å². The van der Waals surface area contributed by atoms with Crippen LogP contribution in [0, 0.1) is 11.6 Å². The largest absolute Gasteiger partial charge is 0.381 e. The van der Waals surface area contributed by atoms with E-state index in [0.717, 1.165) is 23.3 Å². The minimum absolute atomic E-state index is 0.0164. The Morgan fingerprint density at radius 2 is 1.59 bits per heavy atom. The van der Waals surface area contributed by atoms with Gasteiger partial charge in [0.2, 0.25) is 0 Å². The van der Waals surface area contributed by atoms with Crippen LogP contribution in [0.15, 0.2) is 72.8 Å². The second-order valence-corrected chi connectivity index (χ2v) is 8.15. The van der Waals surface area contributed by atoms with Gasteiger partial charge in [0.15, 0.2) is 5.11 Å². The summed E-state index contributed by atoms with van der Waals surface area (Å²) in [5.41, 5.74) is 12.9. The molecule has 0 heterocycles. The van der Waals surface area contributed by atoms with Crippen LogP contribution in [-0.4, -0.2) is 24.3 Å². The van der Waals surface area contributed by atoms with Gasteiger partial charge in [-0.3, -0.25) is 5.43 Å². The lowest BCUT2D eigenvalue weighted by Crippen LogP contribution is -2.40. The highest BCUT2D eigenvalue weighted by molar-refractivity contribution is 7.80. The van der Waals surface area contributed by atoms with Crippen molar-refractivity contribution in [1.29, 1.82) is 0 Å². The van der Waals surface area contributed by atoms with Gasteiger partial charge in [0.1, 0.15) is 11.6 Å². The Labute approximate surface area is 203 Å². The molecule has 0 aliphatic rings. The van der Waals surface area contributed by atoms with Crippen LogP contribution in [0.2, 0.25) is 0 Å². The number of hydrazine groups is 1. The van der Waals surface area contributed by atoms with Crippen molar-refractivity contribution in [3.05, 3.63) is 101 Å². The van der Waals surface area contributed by atoms with Crippen LogP contribution in [0.5, 0.6) is 0 Å². The molecule has 3 rings (SSSR count). The molecule has 34 heavy (non-hydrogen) atoms. The Balaban J connectivity index is 1.58. The maximum atomic E-state index is 14.6. The van der Waals surface area contributed by atoms with E-state index in [1.165, 1.54) is 0 Å². The van der Waals surface area contributed by atoms with Crippen LogP contribution in [0.1, 0.15) is 16.7 Å². The summed E-state index contributed by atoms with van der Waals surface area (Å²) in [5, 5.41) is 6.45. The Morgan fingerprint density at radius 3 is 2.26 bits per heavy atom. The highest BCUT2D eigenvalue weighted by Crippen LogP contribution is 2.19. The van der Waals surface area contributed by atoms with Crippen LogP contribution >= 0.6 is 12.2 Å². The molecular weight excluding hydrogens is 456 g/mol. The summed E-state index contributed by atoms with van der Waals surface area (Å²) in [6, 6.07) is 22.0. The van der Waals surface area contributed by atoms with Crippen LogP contribution < -0.4 is 27.2 Å². The van der Waals surface area contributed by atoms with Gasteiger partial charge in [0.05, 0.1) is 18.9 Å². The molecule has 6 nitrogen and oxygen atoms in total. The van der Waals surface area contributed by atoms with E-state index in [-0.39, 0.29) is 28.9 Å². The van der Waals surface area contributed by atoms with E-state index in [1.807, 2.05) is 60.7 Å². The van der Waals surface area contributed by atoms with Crippen LogP contribution in [0.4, 0.5) is 14.5 Å². The first kappa shape index (κ1) is 25.5. The number of halogens is 2. The molecule has 0 saturated heterocycles. The van der Waals surface area contributed by atoms with E-state index in [0.29, 0.717) is 26.3 Å². The lowest BCUT2D eigenvalue weighted by molar-refractivity contribution is 0.101. The predicted molar refractivity (Wildman–Crippen MR) is 135 cm³/mol. The van der Waals surface area contributed by atoms with Gasteiger partial charge in [-0.15, -0.1) is 0 Å². The molecule has 0 saturated carbocycles. The molecule has 0 unspecified atom stereocenters. The summed E-state index contributed by atoms with van der Waals surface area (Å²) in [4.78, 5) is 0. The highest BCUT2D eigenvalue weighted by Gasteiger charge is 2.13. The number of nitrogens with one attached hydrogen (secondary N) is 4. The molecule has 0 aromatic heterocycles. The van der Waals surface area contributed by atoms with Gasteiger partial charge < -0.3 is 21.1 Å². The third-order valence-electron chi connectivity index (χ3n) is 5.03. The van der Waals surface area contributed by atoms with Gasteiger partial charge >= 0.3 is 0 Å². The summed E-state index contributed by atoms with van der Waals surface area (Å²) < 4.78 is 35.0. The SMILES string of the molecule is NC(=S)NNCc1cc(F)c(NC[C@H](COCc2ccccc2)NCc2ccccc2)cc1F. The van der Waals surface area contributed by atoms with Gasteiger partial charge in [-0.05, 0) is 29.4 Å². The summed E-state index contributed by atoms with van der Waals surface area (Å²) in [6.45, 7) is 1.85. The first-order valence-electron chi connectivity index (χ1n) is 10.9. The van der Waals surface area contributed by atoms with Crippen molar-refractivity contribution in [2.75, 3.05) is 18.5 Å². The van der Waals surface area contributed by atoms with E-state index in [2.05, 4.69) is 33.7 Å². The Morgan fingerprint density at radius 1 is 0.912 bits per heavy atom. The zero-order chi connectivity index (χ0) is 24.2. The maximum Gasteiger partial charge on any atom is 0.178 e. The zero-order valence-electron chi connectivity index (χ0n) is 18.7. The standard InChI is InChI=1S/C25H29F2N5OS/c26-22-12-24(23(27)11-20(22)14-31-32-25(28)34)30-15-21(29-13-18-7-3-1-4-8-18)17-33-16-19-9-5-2-6-10-19/h1-12,21,29-31H,13-17H2,(H3,28,32,34)/t21-/m1/s1. The molecular formula is C25H29F2N5OS. The second-order valence-electron chi connectivity index (χ2n) is 7.71. The number of benzene rings is 3. The van der Waals surface area contributed by atoms with Crippen molar-refractivity contribution in [1.82, 2.24) is 16.2 Å². The number of ether oxygens (including phenoxy) is 1. The second kappa shape index (κ2) is 13.6. The molecule has 180 valence electrons. The third-order valence-corrected chi connectivity index (χ3v) is 5.14. The number of anilines is 1. The Bertz CT molecular complexity index is 1040. The fourth-order valence-electron chi connectivity index (χ4n) is 3.26. The minimum atomic E-state index is -0.555. The molecule has 9 heteroatoms. The van der Waals surface area contributed by atoms with Crippen molar-refractivity contribution in [3.63, 3.8) is 0 Å². The summed E-state index contributed by atoms with van der Waals surface area (Å²) in [7, 11) is 0. The molecule has 0 fully saturated rings. The summed E-state index contributed by atoms with van der Waals surface area (Å²) in [6.07, 6.45) is 0. The molecule has 0 bridgehead atoms. The molecule has 0 amide bonds. The average molecular weight is 486 g/mol. The van der Waals surface area contributed by atoms with E-state index >= 15 is 0 Å². The monoisotopic (exact) mass is 485 g/mol. The molecule has 1 atom stereocenters. The van der Waals surface area contributed by atoms with Crippen molar-refractivity contribution in [3.8, 4) is 0 Å². The number of hydrogen-bond donors (Lipinski definition) is 5. The van der Waals surface area contributed by atoms with Gasteiger partial charge in [-0.2, -0.15) is 0 Å². The molecule has 3 aromatic carbocycles. The lowest BCUT2D eigenvalue weighted by Gasteiger charge is -2.21. The normalized spacial score (nSPS) is 11.7. The number of nitrogens with two attached hydrogens (primary N) is 1. The van der Waals surface area contributed by atoms with Crippen molar-refractivity contribution >= 4 is 23.0 Å². The summed E-state index contributed by atoms with van der Waals surface area (Å²) >= 11 is 4.67. The number of thiocarbonyl (C=S) groups is 1. The van der Waals surface area contributed by atoms with Crippen LogP contribution in [0.3, 0.4) is 0 Å². The molecule has 0 aliphatic heterocycles. The molecule has 0 spiro atoms. The lowest BCUT2D eigenvalue weighted by atomic mass is 10.1. The average Bonchev–Trinajstić information content (AvgIpc) is 2.84. The highest BCUT2D eigenvalue weighted by atomic mass is 32.1. The summed E-state index contributed by atoms with van der Waals surface area (Å²) in [5.74, 6) is -1.10. The fraction of sp³-hybridized carbons (Fsp3) is 0.240. The zero-order valence-corrected chi connectivity index (χ0v) is 19.5. The molecule has 0 radical (unpaired) electrons. The van der Waals surface area contributed by atoms with Crippen molar-refractivity contribution in [2.24, 2.45) is 5.73 Å². The van der Waals surface area contributed by atoms with Gasteiger partial charge in [0.25, 0.3) is 0 Å². The maximum absolute atomic E-state index is 14.6. The Kier molecular flexibility index (Phi) is 10.2. The van der Waals surface area contributed by atoms with Gasteiger partial charge in [0, 0.05) is 37.3 Å². The van der Waals surface area contributed by atoms with E-state index in [1.54, 1.807) is 0 Å². The minimum Gasteiger partial charge on any atom is -0.381 e. The smallest absolute Gasteiger partial charge is 0.178 e. The fourth-order valence-corrected chi connectivity index (χ4v) is 3.33. The number of rotatable bonds is 13. The first-order chi connectivity index (χ1) is 16.5. The van der Waals surface area contributed by atoms with E-state index in [9.17, 15) is 8.78 Å². The first-order valence-corrected chi connectivity index (χ1v) is 11.3. The van der Waals surface area contributed by atoms with Gasteiger partial charge in [-0.25, -0.2) is 14.2 Å². The quantitative estimate of drug-likeness (QED) is 0.187.